The molecule has 208 valence electrons. The van der Waals surface area contributed by atoms with Crippen LogP contribution in [0.15, 0.2) is 75.0 Å². The largest absolute Gasteiger partial charge is 0.483 e. The third-order valence-electron chi connectivity index (χ3n) is 6.94. The molecule has 0 radical (unpaired) electrons. The number of fused-ring (bicyclic) bond motifs is 3. The highest BCUT2D eigenvalue weighted by Crippen LogP contribution is 2.54. The summed E-state index contributed by atoms with van der Waals surface area (Å²) in [4.78, 5) is 67.0. The molecule has 3 heterocycles. The molecular weight excluding hydrogens is 634 g/mol. The van der Waals surface area contributed by atoms with Gasteiger partial charge in [-0.15, -0.1) is 0 Å². The summed E-state index contributed by atoms with van der Waals surface area (Å²) in [6.07, 6.45) is 0. The monoisotopic (exact) mass is 653 g/mol. The first-order valence-electron chi connectivity index (χ1n) is 12.4. The van der Waals surface area contributed by atoms with Gasteiger partial charge >= 0.3 is 10.8 Å². The fraction of sp³-hybridized carbons (Fsp3) is 0.179. The van der Waals surface area contributed by atoms with Crippen LogP contribution in [0, 0.1) is 5.92 Å². The van der Waals surface area contributed by atoms with Crippen LogP contribution in [0.1, 0.15) is 16.4 Å². The molecule has 1 saturated heterocycles. The Bertz CT molecular complexity index is 1800. The number of hydrogen-bond acceptors (Lipinski definition) is 8. The SMILES string of the molecule is O=C(O)CN1C(=O)C2Sc3[nH]c(=O)sc3[C@H](c3cc(Br)ccc3OCC(=O)Nc3cccc4ccccc34)C2C1=O. The molecule has 13 heteroatoms. The number of aromatic amines is 1. The Hall–Kier alpha value is -3.94. The molecule has 0 saturated carbocycles. The summed E-state index contributed by atoms with van der Waals surface area (Å²) in [7, 11) is 0. The number of benzene rings is 3. The van der Waals surface area contributed by atoms with Crippen LogP contribution in [0.4, 0.5) is 5.69 Å². The Morgan fingerprint density at radius 3 is 2.63 bits per heavy atom. The van der Waals surface area contributed by atoms with E-state index >= 15 is 0 Å². The zero-order valence-electron chi connectivity index (χ0n) is 21.0. The molecule has 3 aromatic carbocycles. The Morgan fingerprint density at radius 1 is 1.05 bits per heavy atom. The summed E-state index contributed by atoms with van der Waals surface area (Å²) in [5.41, 5.74) is 1.12. The summed E-state index contributed by atoms with van der Waals surface area (Å²) in [6, 6.07) is 18.3. The van der Waals surface area contributed by atoms with Crippen LogP contribution in [-0.4, -0.2) is 57.1 Å². The lowest BCUT2D eigenvalue weighted by Crippen LogP contribution is -2.36. The second kappa shape index (κ2) is 10.8. The molecule has 2 aliphatic rings. The number of carbonyl (C=O) groups is 4. The normalized spacial score (nSPS) is 19.6. The van der Waals surface area contributed by atoms with Gasteiger partial charge in [0.2, 0.25) is 11.8 Å². The second-order valence-corrected chi connectivity index (χ2v) is 12.5. The highest BCUT2D eigenvalue weighted by atomic mass is 79.9. The molecule has 41 heavy (non-hydrogen) atoms. The number of nitrogens with one attached hydrogen (secondary N) is 2. The number of H-pyrrole nitrogens is 1. The van der Waals surface area contributed by atoms with Gasteiger partial charge in [-0.3, -0.25) is 28.9 Å². The van der Waals surface area contributed by atoms with Gasteiger partial charge in [-0.05, 0) is 29.7 Å². The van der Waals surface area contributed by atoms with Gasteiger partial charge in [0.1, 0.15) is 17.5 Å². The van der Waals surface area contributed by atoms with Crippen molar-refractivity contribution in [3.8, 4) is 5.75 Å². The van der Waals surface area contributed by atoms with Crippen LogP contribution in [0.3, 0.4) is 0 Å². The van der Waals surface area contributed by atoms with E-state index in [-0.39, 0.29) is 11.5 Å². The van der Waals surface area contributed by atoms with Crippen molar-refractivity contribution in [1.29, 1.82) is 0 Å². The highest BCUT2D eigenvalue weighted by molar-refractivity contribution is 9.10. The first-order valence-corrected chi connectivity index (χ1v) is 14.9. The van der Waals surface area contributed by atoms with E-state index in [1.165, 1.54) is 0 Å². The summed E-state index contributed by atoms with van der Waals surface area (Å²) in [6.45, 7) is -1.10. The average Bonchev–Trinajstić information content (AvgIpc) is 3.43. The third-order valence-corrected chi connectivity index (χ3v) is 9.83. The van der Waals surface area contributed by atoms with Gasteiger partial charge < -0.3 is 20.1 Å². The number of carbonyl (C=O) groups excluding carboxylic acids is 3. The molecule has 0 bridgehead atoms. The maximum absolute atomic E-state index is 13.5. The van der Waals surface area contributed by atoms with Gasteiger partial charge in [-0.2, -0.15) is 0 Å². The minimum atomic E-state index is -1.31. The van der Waals surface area contributed by atoms with Gasteiger partial charge in [0.05, 0.1) is 10.9 Å². The first kappa shape index (κ1) is 27.2. The molecule has 2 unspecified atom stereocenters. The molecule has 1 aromatic heterocycles. The van der Waals surface area contributed by atoms with E-state index < -0.39 is 47.3 Å². The minimum absolute atomic E-state index is 0.292. The Labute approximate surface area is 248 Å². The van der Waals surface area contributed by atoms with Crippen molar-refractivity contribution < 1.29 is 29.0 Å². The number of nitrogens with zero attached hydrogens (tertiary/aromatic N) is 1. The Kier molecular flexibility index (Phi) is 7.18. The van der Waals surface area contributed by atoms with Crippen LogP contribution in [-0.2, 0) is 19.2 Å². The number of thiazole rings is 1. The number of aliphatic carboxylic acids is 1. The zero-order chi connectivity index (χ0) is 28.8. The predicted octanol–water partition coefficient (Wildman–Crippen LogP) is 4.05. The van der Waals surface area contributed by atoms with Crippen LogP contribution in [0.5, 0.6) is 5.75 Å². The van der Waals surface area contributed by atoms with Gasteiger partial charge in [0.15, 0.2) is 6.61 Å². The number of amides is 3. The molecule has 3 amide bonds. The van der Waals surface area contributed by atoms with Crippen LogP contribution < -0.4 is 14.9 Å². The molecule has 4 aromatic rings. The lowest BCUT2D eigenvalue weighted by molar-refractivity contribution is -0.149. The molecule has 3 N–H and O–H groups in total. The number of aromatic nitrogens is 1. The fourth-order valence-electron chi connectivity index (χ4n) is 5.26. The molecule has 10 nitrogen and oxygen atoms in total. The van der Waals surface area contributed by atoms with Gasteiger partial charge in [0.25, 0.3) is 5.91 Å². The molecule has 0 aliphatic carbocycles. The Morgan fingerprint density at radius 2 is 1.83 bits per heavy atom. The number of anilines is 1. The first-order chi connectivity index (χ1) is 19.7. The van der Waals surface area contributed by atoms with E-state index in [9.17, 15) is 29.1 Å². The summed E-state index contributed by atoms with van der Waals surface area (Å²) in [5.74, 6) is -4.43. The summed E-state index contributed by atoms with van der Waals surface area (Å²) in [5, 5.41) is 13.6. The van der Waals surface area contributed by atoms with Crippen molar-refractivity contribution in [3.63, 3.8) is 0 Å². The van der Waals surface area contributed by atoms with Crippen LogP contribution in [0.25, 0.3) is 10.8 Å². The molecule has 6 rings (SSSR count). The number of hydrogen-bond donors (Lipinski definition) is 3. The summed E-state index contributed by atoms with van der Waals surface area (Å²) < 4.78 is 6.64. The van der Waals surface area contributed by atoms with E-state index in [2.05, 4.69) is 26.2 Å². The van der Waals surface area contributed by atoms with Crippen molar-refractivity contribution in [3.05, 3.63) is 85.2 Å². The van der Waals surface area contributed by atoms with Crippen molar-refractivity contribution in [2.45, 2.75) is 16.2 Å². The Balaban J connectivity index is 1.33. The van der Waals surface area contributed by atoms with Crippen molar-refractivity contribution in [2.75, 3.05) is 18.5 Å². The van der Waals surface area contributed by atoms with Gasteiger partial charge in [-0.1, -0.05) is 75.4 Å². The van der Waals surface area contributed by atoms with Crippen LogP contribution in [0.2, 0.25) is 0 Å². The molecule has 2 aliphatic heterocycles. The quantitative estimate of drug-likeness (QED) is 0.253. The predicted molar refractivity (Wildman–Crippen MR) is 156 cm³/mol. The maximum Gasteiger partial charge on any atom is 0.323 e. The van der Waals surface area contributed by atoms with E-state index in [0.717, 1.165) is 38.8 Å². The second-order valence-electron chi connectivity index (χ2n) is 9.45. The number of carboxylic acids is 1. The molecule has 0 spiro atoms. The molecular formula is C28H20BrN3O7S2. The standard InChI is InChI=1S/C28H20BrN3O7S2/c29-14-8-9-18(39-12-19(33)30-17-7-3-5-13-4-1-2-6-15(13)17)16(10-14)21-22-24(40-25-23(21)41-28(38)31-25)27(37)32(26(22)36)11-20(34)35/h1-10,21-22,24H,11-12H2,(H,30,33)(H,31,38)(H,34,35)/t21-,22?,24?/m1/s1. The lowest BCUT2D eigenvalue weighted by atomic mass is 9.82. The highest BCUT2D eigenvalue weighted by Gasteiger charge is 2.56. The number of ether oxygens (including phenoxy) is 1. The van der Waals surface area contributed by atoms with Gasteiger partial charge in [0, 0.05) is 31.9 Å². The number of likely N-dealkylation sites (tertiary alicyclic amines) is 1. The number of carboxylic acid groups (broad SMARTS) is 1. The van der Waals surface area contributed by atoms with Crippen LogP contribution >= 0.6 is 39.0 Å². The zero-order valence-corrected chi connectivity index (χ0v) is 24.2. The van der Waals surface area contributed by atoms with Crippen molar-refractivity contribution in [1.82, 2.24) is 9.88 Å². The van der Waals surface area contributed by atoms with E-state index in [0.29, 0.717) is 31.4 Å². The molecule has 1 fully saturated rings. The fourth-order valence-corrected chi connectivity index (χ4v) is 8.16. The number of thioether (sulfide) groups is 1. The smallest absolute Gasteiger partial charge is 0.323 e. The average molecular weight is 655 g/mol. The number of imide groups is 1. The lowest BCUT2D eigenvalue weighted by Gasteiger charge is -2.31. The van der Waals surface area contributed by atoms with E-state index in [1.54, 1.807) is 24.3 Å². The van der Waals surface area contributed by atoms with Gasteiger partial charge in [-0.25, -0.2) is 0 Å². The number of rotatable bonds is 7. The third kappa shape index (κ3) is 5.04. The molecule has 3 atom stereocenters. The maximum atomic E-state index is 13.5. The summed E-state index contributed by atoms with van der Waals surface area (Å²) >= 11 is 5.43. The number of halogens is 1. The minimum Gasteiger partial charge on any atom is -0.483 e. The van der Waals surface area contributed by atoms with E-state index in [1.807, 2.05) is 36.4 Å². The van der Waals surface area contributed by atoms with E-state index in [4.69, 9.17) is 4.74 Å². The van der Waals surface area contributed by atoms with Crippen molar-refractivity contribution >= 4 is 79.2 Å². The topological polar surface area (TPSA) is 146 Å². The van der Waals surface area contributed by atoms with Crippen molar-refractivity contribution in [2.24, 2.45) is 5.92 Å².